The molecule has 0 spiro atoms. The van der Waals surface area contributed by atoms with E-state index < -0.39 is 0 Å². The molecular weight excluding hydrogens is 218 g/mol. The van der Waals surface area contributed by atoms with Crippen LogP contribution in [-0.2, 0) is 4.74 Å². The molecule has 1 amide bonds. The topological polar surface area (TPSA) is 58.2 Å². The van der Waals surface area contributed by atoms with E-state index in [1.165, 1.54) is 0 Å². The smallest absolute Gasteiger partial charge is 0.257 e. The summed E-state index contributed by atoms with van der Waals surface area (Å²) in [6, 6.07) is 0.443. The molecular formula is C12H17N3O2. The van der Waals surface area contributed by atoms with Crippen LogP contribution in [0.2, 0.25) is 0 Å². The minimum atomic E-state index is 0.105. The molecule has 1 N–H and O–H groups in total. The Morgan fingerprint density at radius 2 is 2.41 bits per heavy atom. The molecule has 17 heavy (non-hydrogen) atoms. The molecule has 0 radical (unpaired) electrons. The molecule has 2 heterocycles. The third kappa shape index (κ3) is 2.34. The van der Waals surface area contributed by atoms with E-state index in [9.17, 15) is 4.79 Å². The Kier molecular flexibility index (Phi) is 2.84. The molecule has 1 saturated carbocycles. The standard InChI is InChI=1S/C12H17N3O2/c16-12(10-5-13-14-6-10)15(11-1-2-11)7-9-3-4-17-8-9/h5-6,9,11H,1-4,7-8H2,(H,13,14). The molecule has 2 aliphatic rings. The highest BCUT2D eigenvalue weighted by molar-refractivity contribution is 5.94. The van der Waals surface area contributed by atoms with Crippen LogP contribution in [0.3, 0.4) is 0 Å². The Morgan fingerprint density at radius 1 is 1.53 bits per heavy atom. The fourth-order valence-electron chi connectivity index (χ4n) is 2.32. The number of nitrogens with one attached hydrogen (secondary N) is 1. The molecule has 5 heteroatoms. The fraction of sp³-hybridized carbons (Fsp3) is 0.667. The lowest BCUT2D eigenvalue weighted by atomic mass is 10.1. The molecule has 5 nitrogen and oxygen atoms in total. The maximum absolute atomic E-state index is 12.3. The van der Waals surface area contributed by atoms with E-state index >= 15 is 0 Å². The lowest BCUT2D eigenvalue weighted by molar-refractivity contribution is 0.0706. The first-order chi connectivity index (χ1) is 8.34. The molecule has 1 aromatic rings. The molecule has 1 atom stereocenters. The highest BCUT2D eigenvalue weighted by Gasteiger charge is 2.35. The van der Waals surface area contributed by atoms with Gasteiger partial charge >= 0.3 is 0 Å². The number of nitrogens with zero attached hydrogens (tertiary/aromatic N) is 2. The van der Waals surface area contributed by atoms with Crippen molar-refractivity contribution in [2.45, 2.75) is 25.3 Å². The second-order valence-corrected chi connectivity index (χ2v) is 4.91. The van der Waals surface area contributed by atoms with Crippen LogP contribution in [0, 0.1) is 5.92 Å². The van der Waals surface area contributed by atoms with Crippen LogP contribution < -0.4 is 0 Å². The van der Waals surface area contributed by atoms with Gasteiger partial charge in [0.25, 0.3) is 5.91 Å². The first-order valence-electron chi connectivity index (χ1n) is 6.22. The third-order valence-electron chi connectivity index (χ3n) is 3.47. The number of amides is 1. The van der Waals surface area contributed by atoms with Gasteiger partial charge in [0.2, 0.25) is 0 Å². The van der Waals surface area contributed by atoms with Crippen molar-refractivity contribution in [1.29, 1.82) is 0 Å². The van der Waals surface area contributed by atoms with Crippen molar-refractivity contribution in [3.63, 3.8) is 0 Å². The summed E-state index contributed by atoms with van der Waals surface area (Å²) in [7, 11) is 0. The molecule has 1 aliphatic carbocycles. The number of hydrogen-bond acceptors (Lipinski definition) is 3. The zero-order chi connectivity index (χ0) is 11.7. The molecule has 0 aromatic carbocycles. The van der Waals surface area contributed by atoms with Crippen LogP contribution in [0.4, 0.5) is 0 Å². The van der Waals surface area contributed by atoms with Crippen LogP contribution in [-0.4, -0.2) is 46.8 Å². The molecule has 1 saturated heterocycles. The van der Waals surface area contributed by atoms with Crippen LogP contribution in [0.1, 0.15) is 29.6 Å². The zero-order valence-corrected chi connectivity index (χ0v) is 9.76. The van der Waals surface area contributed by atoms with Gasteiger partial charge in [-0.25, -0.2) is 0 Å². The van der Waals surface area contributed by atoms with Crippen molar-refractivity contribution in [2.75, 3.05) is 19.8 Å². The summed E-state index contributed by atoms with van der Waals surface area (Å²) >= 11 is 0. The Hall–Kier alpha value is -1.36. The molecule has 3 rings (SSSR count). The predicted molar refractivity (Wildman–Crippen MR) is 61.6 cm³/mol. The van der Waals surface area contributed by atoms with Gasteiger partial charge in [0, 0.05) is 31.3 Å². The number of ether oxygens (including phenoxy) is 1. The summed E-state index contributed by atoms with van der Waals surface area (Å²) in [6.07, 6.45) is 6.61. The quantitative estimate of drug-likeness (QED) is 0.848. The number of carbonyl (C=O) groups excluding carboxylic acids is 1. The summed E-state index contributed by atoms with van der Waals surface area (Å²) in [6.45, 7) is 2.46. The highest BCUT2D eigenvalue weighted by Crippen LogP contribution is 2.30. The number of aromatic nitrogens is 2. The number of aromatic amines is 1. The van der Waals surface area contributed by atoms with E-state index in [1.807, 2.05) is 4.90 Å². The summed E-state index contributed by atoms with van der Waals surface area (Å²) < 4.78 is 5.37. The van der Waals surface area contributed by atoms with Crippen LogP contribution in [0.25, 0.3) is 0 Å². The summed E-state index contributed by atoms with van der Waals surface area (Å²) in [5.74, 6) is 0.611. The van der Waals surface area contributed by atoms with E-state index in [4.69, 9.17) is 4.74 Å². The number of hydrogen-bond donors (Lipinski definition) is 1. The second kappa shape index (κ2) is 4.49. The van der Waals surface area contributed by atoms with Gasteiger partial charge in [0.05, 0.1) is 18.4 Å². The molecule has 1 aliphatic heterocycles. The minimum absolute atomic E-state index is 0.105. The average Bonchev–Trinajstić information content (AvgIpc) is 2.86. The van der Waals surface area contributed by atoms with Gasteiger partial charge in [-0.2, -0.15) is 5.10 Å². The summed E-state index contributed by atoms with van der Waals surface area (Å²) in [5.41, 5.74) is 0.663. The van der Waals surface area contributed by atoms with E-state index in [-0.39, 0.29) is 5.91 Å². The van der Waals surface area contributed by atoms with Gasteiger partial charge in [0.1, 0.15) is 0 Å². The molecule has 2 fully saturated rings. The van der Waals surface area contributed by atoms with Crippen LogP contribution in [0.5, 0.6) is 0 Å². The minimum Gasteiger partial charge on any atom is -0.381 e. The SMILES string of the molecule is O=C(c1cn[nH]c1)N(CC1CCOC1)C1CC1. The lowest BCUT2D eigenvalue weighted by Crippen LogP contribution is -2.37. The maximum atomic E-state index is 12.3. The highest BCUT2D eigenvalue weighted by atomic mass is 16.5. The Labute approximate surface area is 100 Å². The molecule has 92 valence electrons. The van der Waals surface area contributed by atoms with Gasteiger partial charge in [-0.15, -0.1) is 0 Å². The van der Waals surface area contributed by atoms with Crippen LogP contribution in [0.15, 0.2) is 12.4 Å². The predicted octanol–water partition coefficient (Wildman–Crippen LogP) is 1.05. The van der Waals surface area contributed by atoms with Crippen molar-refractivity contribution < 1.29 is 9.53 Å². The number of rotatable bonds is 4. The van der Waals surface area contributed by atoms with Crippen molar-refractivity contribution in [1.82, 2.24) is 15.1 Å². The lowest BCUT2D eigenvalue weighted by Gasteiger charge is -2.24. The largest absolute Gasteiger partial charge is 0.381 e. The first kappa shape index (κ1) is 10.8. The van der Waals surface area contributed by atoms with Crippen LogP contribution >= 0.6 is 0 Å². The molecule has 1 unspecified atom stereocenters. The summed E-state index contributed by atoms with van der Waals surface area (Å²) in [4.78, 5) is 14.3. The van der Waals surface area contributed by atoms with Crippen molar-refractivity contribution >= 4 is 5.91 Å². The van der Waals surface area contributed by atoms with Crippen molar-refractivity contribution in [3.05, 3.63) is 18.0 Å². The maximum Gasteiger partial charge on any atom is 0.257 e. The van der Waals surface area contributed by atoms with E-state index in [0.29, 0.717) is 17.5 Å². The molecule has 1 aromatic heterocycles. The van der Waals surface area contributed by atoms with Gasteiger partial charge in [-0.1, -0.05) is 0 Å². The Balaban J connectivity index is 1.69. The normalized spacial score (nSPS) is 23.9. The monoisotopic (exact) mass is 235 g/mol. The average molecular weight is 235 g/mol. The first-order valence-corrected chi connectivity index (χ1v) is 6.22. The zero-order valence-electron chi connectivity index (χ0n) is 9.76. The molecule has 0 bridgehead atoms. The number of H-pyrrole nitrogens is 1. The van der Waals surface area contributed by atoms with Gasteiger partial charge < -0.3 is 9.64 Å². The van der Waals surface area contributed by atoms with Gasteiger partial charge in [-0.05, 0) is 19.3 Å². The third-order valence-corrected chi connectivity index (χ3v) is 3.47. The van der Waals surface area contributed by atoms with E-state index in [1.54, 1.807) is 12.4 Å². The van der Waals surface area contributed by atoms with Crippen molar-refractivity contribution in [2.24, 2.45) is 5.92 Å². The van der Waals surface area contributed by atoms with Crippen molar-refractivity contribution in [3.8, 4) is 0 Å². The number of carbonyl (C=O) groups is 1. The fourth-order valence-corrected chi connectivity index (χ4v) is 2.32. The van der Waals surface area contributed by atoms with Gasteiger partial charge in [0.15, 0.2) is 0 Å². The Morgan fingerprint density at radius 3 is 3.00 bits per heavy atom. The van der Waals surface area contributed by atoms with E-state index in [2.05, 4.69) is 10.2 Å². The Bertz CT molecular complexity index is 380. The second-order valence-electron chi connectivity index (χ2n) is 4.91. The summed E-state index contributed by atoms with van der Waals surface area (Å²) in [5, 5.41) is 6.54. The van der Waals surface area contributed by atoms with E-state index in [0.717, 1.165) is 39.0 Å². The van der Waals surface area contributed by atoms with Gasteiger partial charge in [-0.3, -0.25) is 9.89 Å².